The Labute approximate surface area is 172 Å². The molecule has 0 bridgehead atoms. The predicted octanol–water partition coefficient (Wildman–Crippen LogP) is 4.15. The van der Waals surface area contributed by atoms with Crippen LogP contribution >= 0.6 is 0 Å². The Hall–Kier alpha value is -2.38. The van der Waals surface area contributed by atoms with Crippen LogP contribution in [0.4, 0.5) is 5.69 Å². The van der Waals surface area contributed by atoms with Crippen molar-refractivity contribution in [3.05, 3.63) is 54.1 Å². The number of nitrogens with zero attached hydrogens (tertiary/aromatic N) is 1. The number of hydrogen-bond acceptors (Lipinski definition) is 4. The summed E-state index contributed by atoms with van der Waals surface area (Å²) in [6.07, 6.45) is 2.77. The molecule has 0 radical (unpaired) electrons. The van der Waals surface area contributed by atoms with Gasteiger partial charge in [-0.1, -0.05) is 13.8 Å². The zero-order chi connectivity index (χ0) is 20.9. The van der Waals surface area contributed by atoms with Crippen molar-refractivity contribution in [1.82, 2.24) is 4.31 Å². The Kier molecular flexibility index (Phi) is 6.92. The predicted molar refractivity (Wildman–Crippen MR) is 114 cm³/mol. The molecule has 1 fully saturated rings. The Morgan fingerprint density at radius 3 is 2.24 bits per heavy atom. The molecule has 0 unspecified atom stereocenters. The normalized spacial score (nSPS) is 14.9. The molecule has 0 aliphatic carbocycles. The van der Waals surface area contributed by atoms with Crippen molar-refractivity contribution < 1.29 is 17.9 Å². The SMILES string of the molecule is CC(C)CCOc1ccc(C(=O)Nc2ccc(S(=O)(=O)N3CCCC3)cc2)cc1. The fourth-order valence-corrected chi connectivity index (χ4v) is 4.62. The summed E-state index contributed by atoms with van der Waals surface area (Å²) < 4.78 is 32.3. The summed E-state index contributed by atoms with van der Waals surface area (Å²) in [5, 5.41) is 2.80. The highest BCUT2D eigenvalue weighted by molar-refractivity contribution is 7.89. The van der Waals surface area contributed by atoms with Crippen LogP contribution in [0.25, 0.3) is 0 Å². The van der Waals surface area contributed by atoms with Gasteiger partial charge in [-0.3, -0.25) is 4.79 Å². The molecular weight excluding hydrogens is 388 g/mol. The molecule has 1 N–H and O–H groups in total. The lowest BCUT2D eigenvalue weighted by molar-refractivity contribution is 0.102. The number of sulfonamides is 1. The van der Waals surface area contributed by atoms with Crippen LogP contribution < -0.4 is 10.1 Å². The summed E-state index contributed by atoms with van der Waals surface area (Å²) in [6, 6.07) is 13.3. The van der Waals surface area contributed by atoms with Gasteiger partial charge in [0, 0.05) is 24.3 Å². The van der Waals surface area contributed by atoms with Gasteiger partial charge in [0.05, 0.1) is 11.5 Å². The van der Waals surface area contributed by atoms with Crippen LogP contribution in [-0.2, 0) is 10.0 Å². The molecule has 1 aliphatic rings. The number of amides is 1. The number of rotatable bonds is 8. The van der Waals surface area contributed by atoms with Gasteiger partial charge in [0.25, 0.3) is 5.91 Å². The van der Waals surface area contributed by atoms with E-state index in [9.17, 15) is 13.2 Å². The molecular formula is C22H28N2O4S. The van der Waals surface area contributed by atoms with E-state index in [0.29, 0.717) is 36.9 Å². The zero-order valence-corrected chi connectivity index (χ0v) is 17.7. The first-order valence-corrected chi connectivity index (χ1v) is 11.4. The molecule has 3 rings (SSSR count). The molecule has 2 aromatic carbocycles. The fraction of sp³-hybridized carbons (Fsp3) is 0.409. The number of hydrogen-bond donors (Lipinski definition) is 1. The first-order valence-electron chi connectivity index (χ1n) is 10.0. The van der Waals surface area contributed by atoms with Crippen molar-refractivity contribution in [3.8, 4) is 5.75 Å². The molecule has 6 nitrogen and oxygen atoms in total. The summed E-state index contributed by atoms with van der Waals surface area (Å²) in [5.41, 5.74) is 1.06. The molecule has 0 atom stereocenters. The van der Waals surface area contributed by atoms with E-state index in [1.54, 1.807) is 36.4 Å². The average molecular weight is 417 g/mol. The highest BCUT2D eigenvalue weighted by atomic mass is 32.2. The van der Waals surface area contributed by atoms with E-state index in [1.807, 2.05) is 0 Å². The largest absolute Gasteiger partial charge is 0.494 e. The average Bonchev–Trinajstić information content (AvgIpc) is 3.24. The van der Waals surface area contributed by atoms with E-state index in [2.05, 4.69) is 19.2 Å². The lowest BCUT2D eigenvalue weighted by Crippen LogP contribution is -2.27. The van der Waals surface area contributed by atoms with Gasteiger partial charge in [0.1, 0.15) is 5.75 Å². The van der Waals surface area contributed by atoms with Gasteiger partial charge in [-0.15, -0.1) is 0 Å². The molecule has 1 saturated heterocycles. The second kappa shape index (κ2) is 9.41. The Morgan fingerprint density at radius 1 is 1.03 bits per heavy atom. The molecule has 0 spiro atoms. The maximum atomic E-state index is 12.6. The standard InChI is InChI=1S/C22H28N2O4S/c1-17(2)13-16-28-20-9-5-18(6-10-20)22(25)23-19-7-11-21(12-8-19)29(26,27)24-14-3-4-15-24/h5-12,17H,3-4,13-16H2,1-2H3,(H,23,25). The number of benzene rings is 2. The van der Waals surface area contributed by atoms with E-state index < -0.39 is 10.0 Å². The fourth-order valence-electron chi connectivity index (χ4n) is 3.11. The van der Waals surface area contributed by atoms with Crippen LogP contribution in [0.5, 0.6) is 5.75 Å². The lowest BCUT2D eigenvalue weighted by atomic mass is 10.1. The summed E-state index contributed by atoms with van der Waals surface area (Å²) in [6.45, 7) is 6.07. The molecule has 29 heavy (non-hydrogen) atoms. The molecule has 0 aromatic heterocycles. The smallest absolute Gasteiger partial charge is 0.255 e. The third-order valence-corrected chi connectivity index (χ3v) is 6.81. The van der Waals surface area contributed by atoms with E-state index in [-0.39, 0.29) is 10.8 Å². The molecule has 1 heterocycles. The van der Waals surface area contributed by atoms with E-state index in [1.165, 1.54) is 16.4 Å². The zero-order valence-electron chi connectivity index (χ0n) is 16.9. The van der Waals surface area contributed by atoms with Crippen LogP contribution in [0.2, 0.25) is 0 Å². The summed E-state index contributed by atoms with van der Waals surface area (Å²) in [7, 11) is -3.45. The second-order valence-electron chi connectivity index (χ2n) is 7.65. The van der Waals surface area contributed by atoms with Crippen LogP contribution in [0.15, 0.2) is 53.4 Å². The van der Waals surface area contributed by atoms with Crippen molar-refractivity contribution in [2.45, 2.75) is 38.0 Å². The van der Waals surface area contributed by atoms with Gasteiger partial charge in [0.15, 0.2) is 0 Å². The minimum absolute atomic E-state index is 0.250. The first-order chi connectivity index (χ1) is 13.9. The third-order valence-electron chi connectivity index (χ3n) is 4.90. The molecule has 156 valence electrons. The third kappa shape index (κ3) is 5.58. The number of ether oxygens (including phenoxy) is 1. The molecule has 0 saturated carbocycles. The van der Waals surface area contributed by atoms with Crippen molar-refractivity contribution in [3.63, 3.8) is 0 Å². The van der Waals surface area contributed by atoms with Gasteiger partial charge in [-0.2, -0.15) is 4.31 Å². The molecule has 7 heteroatoms. The van der Waals surface area contributed by atoms with E-state index in [0.717, 1.165) is 25.0 Å². The topological polar surface area (TPSA) is 75.7 Å². The van der Waals surface area contributed by atoms with Gasteiger partial charge in [-0.05, 0) is 73.7 Å². The Morgan fingerprint density at radius 2 is 1.66 bits per heavy atom. The highest BCUT2D eigenvalue weighted by Gasteiger charge is 2.26. The maximum Gasteiger partial charge on any atom is 0.255 e. The number of carbonyl (C=O) groups excluding carboxylic acids is 1. The number of carbonyl (C=O) groups is 1. The Bertz CT molecular complexity index is 916. The second-order valence-corrected chi connectivity index (χ2v) is 9.58. The van der Waals surface area contributed by atoms with Gasteiger partial charge in [-0.25, -0.2) is 8.42 Å². The van der Waals surface area contributed by atoms with Crippen molar-refractivity contribution >= 4 is 21.6 Å². The molecule has 1 aliphatic heterocycles. The lowest BCUT2D eigenvalue weighted by Gasteiger charge is -2.15. The van der Waals surface area contributed by atoms with Crippen molar-refractivity contribution in [2.24, 2.45) is 5.92 Å². The van der Waals surface area contributed by atoms with Crippen LogP contribution in [-0.4, -0.2) is 38.3 Å². The molecule has 2 aromatic rings. The molecule has 1 amide bonds. The van der Waals surface area contributed by atoms with Crippen molar-refractivity contribution in [1.29, 1.82) is 0 Å². The number of nitrogens with one attached hydrogen (secondary N) is 1. The Balaban J connectivity index is 1.59. The van der Waals surface area contributed by atoms with E-state index in [4.69, 9.17) is 4.74 Å². The minimum atomic E-state index is -3.45. The number of anilines is 1. The highest BCUT2D eigenvalue weighted by Crippen LogP contribution is 2.22. The van der Waals surface area contributed by atoms with Crippen LogP contribution in [0, 0.1) is 5.92 Å². The van der Waals surface area contributed by atoms with Crippen LogP contribution in [0.1, 0.15) is 43.5 Å². The maximum absolute atomic E-state index is 12.6. The monoisotopic (exact) mass is 416 g/mol. The van der Waals surface area contributed by atoms with Crippen molar-refractivity contribution in [2.75, 3.05) is 25.0 Å². The van der Waals surface area contributed by atoms with E-state index >= 15 is 0 Å². The van der Waals surface area contributed by atoms with Gasteiger partial charge in [0.2, 0.25) is 10.0 Å². The summed E-state index contributed by atoms with van der Waals surface area (Å²) >= 11 is 0. The minimum Gasteiger partial charge on any atom is -0.494 e. The quantitative estimate of drug-likeness (QED) is 0.701. The van der Waals surface area contributed by atoms with Gasteiger partial charge >= 0.3 is 0 Å². The summed E-state index contributed by atoms with van der Waals surface area (Å²) in [5.74, 6) is 1.06. The first kappa shape index (κ1) is 21.3. The van der Waals surface area contributed by atoms with Crippen LogP contribution in [0.3, 0.4) is 0 Å². The summed E-state index contributed by atoms with van der Waals surface area (Å²) in [4.78, 5) is 12.7. The van der Waals surface area contributed by atoms with Gasteiger partial charge < -0.3 is 10.1 Å².